The van der Waals surface area contributed by atoms with Crippen LogP contribution in [0.5, 0.6) is 11.5 Å². The molecule has 2 amide bonds. The third-order valence-electron chi connectivity index (χ3n) is 5.98. The van der Waals surface area contributed by atoms with E-state index in [9.17, 15) is 9.59 Å². The topological polar surface area (TPSA) is 67.9 Å². The number of amides is 2. The molecule has 2 aliphatic heterocycles. The second-order valence-corrected chi connectivity index (χ2v) is 9.38. The van der Waals surface area contributed by atoms with Gasteiger partial charge in [0.1, 0.15) is 13.2 Å². The van der Waals surface area contributed by atoms with Gasteiger partial charge in [0.25, 0.3) is 5.91 Å². The summed E-state index contributed by atoms with van der Waals surface area (Å²) in [7, 11) is 0. The standard InChI is InChI=1S/C23H26N2O4S/c26-22(24-13-15-3-4-15)17-2-1-9-25(14-17)23(27)21-8-7-20(30-21)16-5-6-18-19(12-16)29-11-10-28-18/h5-8,12,15,17H,1-4,9-11,13-14H2,(H,24,26). The number of hydrogen-bond donors (Lipinski definition) is 1. The first-order valence-corrected chi connectivity index (χ1v) is 11.6. The number of thiophene rings is 1. The van der Waals surface area contributed by atoms with Gasteiger partial charge in [-0.1, -0.05) is 0 Å². The van der Waals surface area contributed by atoms with Crippen molar-refractivity contribution >= 4 is 23.2 Å². The van der Waals surface area contributed by atoms with E-state index in [1.807, 2.05) is 35.2 Å². The summed E-state index contributed by atoms with van der Waals surface area (Å²) in [5.74, 6) is 2.19. The smallest absolute Gasteiger partial charge is 0.263 e. The molecule has 1 atom stereocenters. The first-order chi connectivity index (χ1) is 14.7. The zero-order valence-electron chi connectivity index (χ0n) is 16.9. The van der Waals surface area contributed by atoms with Crippen LogP contribution in [0.3, 0.4) is 0 Å². The fourth-order valence-corrected chi connectivity index (χ4v) is 5.02. The highest BCUT2D eigenvalue weighted by atomic mass is 32.1. The maximum atomic E-state index is 13.1. The fraction of sp³-hybridized carbons (Fsp3) is 0.478. The highest BCUT2D eigenvalue weighted by Gasteiger charge is 2.30. The Bertz CT molecular complexity index is 952. The lowest BCUT2D eigenvalue weighted by atomic mass is 9.97. The molecule has 6 nitrogen and oxygen atoms in total. The lowest BCUT2D eigenvalue weighted by Crippen LogP contribution is -2.45. The molecule has 7 heteroatoms. The van der Waals surface area contributed by atoms with Crippen molar-refractivity contribution in [1.82, 2.24) is 10.2 Å². The molecule has 1 aliphatic carbocycles. The lowest BCUT2D eigenvalue weighted by Gasteiger charge is -2.31. The normalized spacial score (nSPS) is 20.7. The first kappa shape index (κ1) is 19.4. The Morgan fingerprint density at radius 2 is 1.90 bits per heavy atom. The fourth-order valence-electron chi connectivity index (χ4n) is 4.05. The van der Waals surface area contributed by atoms with Gasteiger partial charge < -0.3 is 19.7 Å². The molecule has 3 heterocycles. The number of hydrogen-bond acceptors (Lipinski definition) is 5. The maximum absolute atomic E-state index is 13.1. The maximum Gasteiger partial charge on any atom is 0.263 e. The minimum absolute atomic E-state index is 0.0171. The summed E-state index contributed by atoms with van der Waals surface area (Å²) < 4.78 is 11.3. The number of benzene rings is 1. The van der Waals surface area contributed by atoms with E-state index in [0.29, 0.717) is 37.1 Å². The molecule has 1 saturated carbocycles. The van der Waals surface area contributed by atoms with Crippen LogP contribution in [0, 0.1) is 11.8 Å². The van der Waals surface area contributed by atoms with E-state index in [4.69, 9.17) is 9.47 Å². The van der Waals surface area contributed by atoms with E-state index >= 15 is 0 Å². The van der Waals surface area contributed by atoms with Crippen molar-refractivity contribution in [2.45, 2.75) is 25.7 Å². The van der Waals surface area contributed by atoms with Gasteiger partial charge in [-0.15, -0.1) is 11.3 Å². The number of nitrogens with zero attached hydrogens (tertiary/aromatic N) is 1. The SMILES string of the molecule is O=C(NCC1CC1)C1CCCN(C(=O)c2ccc(-c3ccc4c(c3)OCCO4)s2)C1. The summed E-state index contributed by atoms with van der Waals surface area (Å²) in [6.07, 6.45) is 4.17. The average Bonchev–Trinajstić information content (AvgIpc) is 3.50. The molecule has 2 fully saturated rings. The van der Waals surface area contributed by atoms with E-state index < -0.39 is 0 Å². The molecule has 1 N–H and O–H groups in total. The number of piperidine rings is 1. The molecule has 0 radical (unpaired) electrons. The minimum atomic E-state index is -0.0984. The van der Waals surface area contributed by atoms with E-state index in [2.05, 4.69) is 5.32 Å². The van der Waals surface area contributed by atoms with Crippen LogP contribution in [0.2, 0.25) is 0 Å². The van der Waals surface area contributed by atoms with Crippen LogP contribution in [0.15, 0.2) is 30.3 Å². The van der Waals surface area contributed by atoms with Gasteiger partial charge in [0.15, 0.2) is 11.5 Å². The van der Waals surface area contributed by atoms with Crippen molar-refractivity contribution in [1.29, 1.82) is 0 Å². The van der Waals surface area contributed by atoms with Crippen molar-refractivity contribution in [3.63, 3.8) is 0 Å². The lowest BCUT2D eigenvalue weighted by molar-refractivity contribution is -0.126. The molecule has 1 unspecified atom stereocenters. The van der Waals surface area contributed by atoms with Crippen molar-refractivity contribution in [2.75, 3.05) is 32.8 Å². The summed E-state index contributed by atoms with van der Waals surface area (Å²) in [4.78, 5) is 29.1. The van der Waals surface area contributed by atoms with Gasteiger partial charge in [0.2, 0.25) is 5.91 Å². The van der Waals surface area contributed by atoms with Crippen LogP contribution in [-0.4, -0.2) is 49.6 Å². The molecular weight excluding hydrogens is 400 g/mol. The van der Waals surface area contributed by atoms with Crippen molar-refractivity contribution in [3.8, 4) is 21.9 Å². The van der Waals surface area contributed by atoms with Crippen molar-refractivity contribution in [3.05, 3.63) is 35.2 Å². The van der Waals surface area contributed by atoms with E-state index in [1.54, 1.807) is 0 Å². The number of carbonyl (C=O) groups excluding carboxylic acids is 2. The van der Waals surface area contributed by atoms with Gasteiger partial charge in [0.05, 0.1) is 10.8 Å². The predicted molar refractivity (Wildman–Crippen MR) is 115 cm³/mol. The molecule has 0 spiro atoms. The quantitative estimate of drug-likeness (QED) is 0.794. The number of carbonyl (C=O) groups is 2. The second-order valence-electron chi connectivity index (χ2n) is 8.30. The Morgan fingerprint density at radius 3 is 2.73 bits per heavy atom. The van der Waals surface area contributed by atoms with Gasteiger partial charge in [-0.25, -0.2) is 0 Å². The average molecular weight is 427 g/mol. The molecule has 1 saturated heterocycles. The van der Waals surface area contributed by atoms with Gasteiger partial charge >= 0.3 is 0 Å². The number of nitrogens with one attached hydrogen (secondary N) is 1. The van der Waals surface area contributed by atoms with E-state index in [0.717, 1.165) is 41.3 Å². The van der Waals surface area contributed by atoms with Crippen LogP contribution in [0.1, 0.15) is 35.4 Å². The molecule has 3 aliphatic rings. The number of ether oxygens (including phenoxy) is 2. The van der Waals surface area contributed by atoms with Crippen LogP contribution < -0.4 is 14.8 Å². The summed E-state index contributed by atoms with van der Waals surface area (Å²) in [6.45, 7) is 3.12. The third kappa shape index (κ3) is 4.17. The number of fused-ring (bicyclic) bond motifs is 1. The van der Waals surface area contributed by atoms with Gasteiger partial charge in [-0.05, 0) is 67.5 Å². The zero-order chi connectivity index (χ0) is 20.5. The Morgan fingerprint density at radius 1 is 1.07 bits per heavy atom. The van der Waals surface area contributed by atoms with E-state index in [1.165, 1.54) is 24.2 Å². The van der Waals surface area contributed by atoms with Crippen LogP contribution in [-0.2, 0) is 4.79 Å². The van der Waals surface area contributed by atoms with Crippen LogP contribution in [0.25, 0.3) is 10.4 Å². The molecule has 1 aromatic carbocycles. The summed E-state index contributed by atoms with van der Waals surface area (Å²) in [5.41, 5.74) is 1.01. The molecule has 5 rings (SSSR count). The van der Waals surface area contributed by atoms with Crippen molar-refractivity contribution < 1.29 is 19.1 Å². The number of likely N-dealkylation sites (tertiary alicyclic amines) is 1. The van der Waals surface area contributed by atoms with Crippen LogP contribution in [0.4, 0.5) is 0 Å². The Labute approximate surface area is 180 Å². The molecule has 30 heavy (non-hydrogen) atoms. The number of rotatable bonds is 5. The highest BCUT2D eigenvalue weighted by Crippen LogP contribution is 2.37. The molecule has 158 valence electrons. The summed E-state index contributed by atoms with van der Waals surface area (Å²) in [5, 5.41) is 3.07. The first-order valence-electron chi connectivity index (χ1n) is 10.7. The molecule has 0 bridgehead atoms. The van der Waals surface area contributed by atoms with E-state index in [-0.39, 0.29) is 17.7 Å². The predicted octanol–water partition coefficient (Wildman–Crippen LogP) is 3.56. The Hall–Kier alpha value is -2.54. The zero-order valence-corrected chi connectivity index (χ0v) is 17.7. The molecular formula is C23H26N2O4S. The second kappa shape index (κ2) is 8.30. The molecule has 2 aromatic rings. The van der Waals surface area contributed by atoms with Gasteiger partial charge in [-0.2, -0.15) is 0 Å². The van der Waals surface area contributed by atoms with Crippen LogP contribution >= 0.6 is 11.3 Å². The Balaban J connectivity index is 1.25. The Kier molecular flexibility index (Phi) is 5.37. The van der Waals surface area contributed by atoms with Gasteiger partial charge in [-0.3, -0.25) is 9.59 Å². The highest BCUT2D eigenvalue weighted by molar-refractivity contribution is 7.17. The monoisotopic (exact) mass is 426 g/mol. The molecule has 1 aromatic heterocycles. The minimum Gasteiger partial charge on any atom is -0.486 e. The summed E-state index contributed by atoms with van der Waals surface area (Å²) in [6, 6.07) is 9.74. The largest absolute Gasteiger partial charge is 0.486 e. The van der Waals surface area contributed by atoms with Gasteiger partial charge in [0, 0.05) is 24.5 Å². The summed E-state index contributed by atoms with van der Waals surface area (Å²) >= 11 is 1.48. The van der Waals surface area contributed by atoms with Crippen molar-refractivity contribution in [2.24, 2.45) is 11.8 Å². The third-order valence-corrected chi connectivity index (χ3v) is 7.11.